The van der Waals surface area contributed by atoms with Crippen molar-refractivity contribution in [2.75, 3.05) is 0 Å². The molecular weight excluding hydrogens is 697 g/mol. The van der Waals surface area contributed by atoms with Gasteiger partial charge in [-0.25, -0.2) is 19.9 Å². The molecule has 0 fully saturated rings. The van der Waals surface area contributed by atoms with Gasteiger partial charge < -0.3 is 4.42 Å². The lowest BCUT2D eigenvalue weighted by Crippen LogP contribution is -2.00. The van der Waals surface area contributed by atoms with Crippen molar-refractivity contribution in [1.29, 1.82) is 0 Å². The smallest absolute Gasteiger partial charge is 0.164 e. The van der Waals surface area contributed by atoms with E-state index in [9.17, 15) is 0 Å². The van der Waals surface area contributed by atoms with Gasteiger partial charge in [0.15, 0.2) is 17.5 Å². The molecule has 0 saturated heterocycles. The third-order valence-corrected chi connectivity index (χ3v) is 10.7. The van der Waals surface area contributed by atoms with Crippen LogP contribution in [0.3, 0.4) is 0 Å². The summed E-state index contributed by atoms with van der Waals surface area (Å²) in [5.74, 6) is 1.79. The van der Waals surface area contributed by atoms with Gasteiger partial charge >= 0.3 is 0 Å². The van der Waals surface area contributed by atoms with Crippen molar-refractivity contribution in [1.82, 2.24) is 19.9 Å². The van der Waals surface area contributed by atoms with Crippen LogP contribution in [0.15, 0.2) is 199 Å². The topological polar surface area (TPSA) is 64.7 Å². The van der Waals surface area contributed by atoms with Gasteiger partial charge in [-0.3, -0.25) is 0 Å². The number of benzene rings is 8. The Bertz CT molecular complexity index is 3150. The highest BCUT2D eigenvalue weighted by Gasteiger charge is 2.19. The first-order valence-corrected chi connectivity index (χ1v) is 19.0. The van der Waals surface area contributed by atoms with Crippen LogP contribution in [0, 0.1) is 0 Å². The van der Waals surface area contributed by atoms with Gasteiger partial charge in [0.2, 0.25) is 0 Å². The highest BCUT2D eigenvalue weighted by Crippen LogP contribution is 2.42. The number of nitrogens with zero attached hydrogens (tertiary/aromatic N) is 4. The summed E-state index contributed by atoms with van der Waals surface area (Å²) in [6, 6.07) is 66.8. The molecule has 3 aromatic heterocycles. The fraction of sp³-hybridized carbons (Fsp3) is 0. The molecule has 3 heterocycles. The highest BCUT2D eigenvalue weighted by atomic mass is 16.3. The van der Waals surface area contributed by atoms with E-state index in [1.54, 1.807) is 0 Å². The molecule has 0 N–H and O–H groups in total. The number of hydrogen-bond acceptors (Lipinski definition) is 5. The largest absolute Gasteiger partial charge is 0.456 e. The molecule has 5 heteroatoms. The summed E-state index contributed by atoms with van der Waals surface area (Å²) in [7, 11) is 0. The molecule has 11 rings (SSSR count). The maximum absolute atomic E-state index is 6.42. The van der Waals surface area contributed by atoms with Crippen molar-refractivity contribution < 1.29 is 4.42 Å². The van der Waals surface area contributed by atoms with Gasteiger partial charge in [0, 0.05) is 49.2 Å². The number of hydrogen-bond donors (Lipinski definition) is 0. The highest BCUT2D eigenvalue weighted by molar-refractivity contribution is 6.28. The summed E-state index contributed by atoms with van der Waals surface area (Å²) in [6.45, 7) is 0. The monoisotopic (exact) mass is 728 g/mol. The summed E-state index contributed by atoms with van der Waals surface area (Å²) >= 11 is 0. The molecule has 8 aromatic carbocycles. The van der Waals surface area contributed by atoms with Crippen LogP contribution in [0.5, 0.6) is 0 Å². The normalized spacial score (nSPS) is 11.5. The molecular formula is C52H32N4O. The molecule has 57 heavy (non-hydrogen) atoms. The molecule has 0 atom stereocenters. The van der Waals surface area contributed by atoms with Crippen LogP contribution in [0.25, 0.3) is 111 Å². The lowest BCUT2D eigenvalue weighted by molar-refractivity contribution is 0.669. The Morgan fingerprint density at radius 2 is 0.754 bits per heavy atom. The lowest BCUT2D eigenvalue weighted by Gasteiger charge is -2.13. The van der Waals surface area contributed by atoms with Crippen molar-refractivity contribution in [3.8, 4) is 67.7 Å². The Morgan fingerprint density at radius 1 is 0.281 bits per heavy atom. The maximum atomic E-state index is 6.42. The van der Waals surface area contributed by atoms with E-state index in [-0.39, 0.29) is 0 Å². The lowest BCUT2D eigenvalue weighted by atomic mass is 9.95. The van der Waals surface area contributed by atoms with Crippen molar-refractivity contribution in [2.45, 2.75) is 0 Å². The number of pyridine rings is 1. The standard InChI is InChI=1S/C52H32N4O/c1-4-12-33(13-5-1)35-20-24-38(25-21-35)50-54-51(39-26-22-36(23-27-39)34-14-6-2-7-15-34)56-52(55-50)40-28-30-44-43(32-40)47-42(49(53-44)37-16-8-3-9-17-37)29-31-46-48(47)41-18-10-11-19-45(41)57-46/h1-32H. The van der Waals surface area contributed by atoms with E-state index in [1.165, 1.54) is 0 Å². The summed E-state index contributed by atoms with van der Waals surface area (Å²) in [4.78, 5) is 20.7. The Labute approximate surface area is 328 Å². The zero-order valence-corrected chi connectivity index (χ0v) is 30.7. The molecule has 0 aliphatic heterocycles. The quantitative estimate of drug-likeness (QED) is 0.160. The van der Waals surface area contributed by atoms with Crippen LogP contribution < -0.4 is 0 Å². The third-order valence-electron chi connectivity index (χ3n) is 10.7. The van der Waals surface area contributed by atoms with Gasteiger partial charge in [0.25, 0.3) is 0 Å². The van der Waals surface area contributed by atoms with E-state index in [2.05, 4.69) is 164 Å². The summed E-state index contributed by atoms with van der Waals surface area (Å²) < 4.78 is 6.42. The average Bonchev–Trinajstić information content (AvgIpc) is 3.68. The molecule has 0 aliphatic carbocycles. The predicted molar refractivity (Wildman–Crippen MR) is 233 cm³/mol. The number of rotatable bonds is 6. The van der Waals surface area contributed by atoms with E-state index >= 15 is 0 Å². The van der Waals surface area contributed by atoms with Crippen molar-refractivity contribution in [3.05, 3.63) is 194 Å². The van der Waals surface area contributed by atoms with Crippen LogP contribution in [-0.2, 0) is 0 Å². The second-order valence-electron chi connectivity index (χ2n) is 14.2. The molecule has 0 aliphatic rings. The zero-order chi connectivity index (χ0) is 37.7. The van der Waals surface area contributed by atoms with Gasteiger partial charge in [-0.15, -0.1) is 0 Å². The van der Waals surface area contributed by atoms with Gasteiger partial charge in [-0.1, -0.05) is 158 Å². The molecule has 0 spiro atoms. The minimum atomic E-state index is 0.584. The van der Waals surface area contributed by atoms with Gasteiger partial charge in [0.05, 0.1) is 11.2 Å². The van der Waals surface area contributed by atoms with Crippen molar-refractivity contribution in [3.63, 3.8) is 0 Å². The van der Waals surface area contributed by atoms with Crippen LogP contribution in [0.1, 0.15) is 0 Å². The van der Waals surface area contributed by atoms with Gasteiger partial charge in [0.1, 0.15) is 11.2 Å². The third kappa shape index (κ3) is 5.81. The summed E-state index contributed by atoms with van der Waals surface area (Å²) in [6.07, 6.45) is 0. The number of furan rings is 1. The van der Waals surface area contributed by atoms with E-state index in [0.717, 1.165) is 93.8 Å². The second kappa shape index (κ2) is 13.5. The van der Waals surface area contributed by atoms with Crippen molar-refractivity contribution >= 4 is 43.6 Å². The van der Waals surface area contributed by atoms with Crippen LogP contribution in [0.4, 0.5) is 0 Å². The minimum Gasteiger partial charge on any atom is -0.456 e. The number of aromatic nitrogens is 4. The fourth-order valence-electron chi connectivity index (χ4n) is 7.91. The Kier molecular flexibility index (Phi) is 7.74. The van der Waals surface area contributed by atoms with Crippen molar-refractivity contribution in [2.24, 2.45) is 0 Å². The molecule has 0 unspecified atom stereocenters. The van der Waals surface area contributed by atoms with Crippen LogP contribution in [-0.4, -0.2) is 19.9 Å². The van der Waals surface area contributed by atoms with Gasteiger partial charge in [-0.05, 0) is 58.7 Å². The van der Waals surface area contributed by atoms with Gasteiger partial charge in [-0.2, -0.15) is 0 Å². The fourth-order valence-corrected chi connectivity index (χ4v) is 7.91. The SMILES string of the molecule is c1ccc(-c2ccc(-c3nc(-c4ccc(-c5ccccc5)cc4)nc(-c4ccc5nc(-c6ccccc6)c6ccc7oc8ccccc8c7c6c5c4)n3)cc2)cc1. The van der Waals surface area contributed by atoms with E-state index in [4.69, 9.17) is 24.4 Å². The predicted octanol–water partition coefficient (Wildman–Crippen LogP) is 13.5. The first kappa shape index (κ1) is 32.7. The first-order chi connectivity index (χ1) is 28.2. The second-order valence-corrected chi connectivity index (χ2v) is 14.2. The molecule has 0 bridgehead atoms. The average molecular weight is 729 g/mol. The Hall–Kier alpha value is -7.76. The Morgan fingerprint density at radius 3 is 1.35 bits per heavy atom. The maximum Gasteiger partial charge on any atom is 0.164 e. The number of para-hydroxylation sites is 1. The zero-order valence-electron chi connectivity index (χ0n) is 30.7. The minimum absolute atomic E-state index is 0.584. The molecule has 0 radical (unpaired) electrons. The summed E-state index contributed by atoms with van der Waals surface area (Å²) in [5.41, 5.74) is 11.8. The van der Waals surface area contributed by atoms with E-state index in [1.807, 2.05) is 30.3 Å². The molecule has 11 aromatic rings. The van der Waals surface area contributed by atoms with Crippen LogP contribution in [0.2, 0.25) is 0 Å². The van der Waals surface area contributed by atoms with E-state index < -0.39 is 0 Å². The summed E-state index contributed by atoms with van der Waals surface area (Å²) in [5, 5.41) is 5.28. The first-order valence-electron chi connectivity index (χ1n) is 19.0. The molecule has 5 nitrogen and oxygen atoms in total. The molecule has 0 amide bonds. The Balaban J connectivity index is 1.12. The van der Waals surface area contributed by atoms with E-state index in [0.29, 0.717) is 17.5 Å². The molecule has 0 saturated carbocycles. The molecule has 266 valence electrons. The number of fused-ring (bicyclic) bond motifs is 7. The van der Waals surface area contributed by atoms with Crippen LogP contribution >= 0.6 is 0 Å².